The second-order valence-corrected chi connectivity index (χ2v) is 8.03. The van der Waals surface area contributed by atoms with Crippen LogP contribution in [0.2, 0.25) is 0 Å². The van der Waals surface area contributed by atoms with Gasteiger partial charge in [0.05, 0.1) is 12.2 Å². The van der Waals surface area contributed by atoms with Gasteiger partial charge in [0, 0.05) is 32.0 Å². The molecule has 9 heteroatoms. The number of nitrogens with zero attached hydrogens (tertiary/aromatic N) is 4. The maximum absolute atomic E-state index is 12.0. The molecule has 170 valence electrons. The van der Waals surface area contributed by atoms with Gasteiger partial charge in [0.1, 0.15) is 11.5 Å². The number of benzene rings is 2. The minimum atomic E-state index is -0.741. The molecular weight excluding hydrogens is 410 g/mol. The van der Waals surface area contributed by atoms with Crippen LogP contribution in [0.4, 0.5) is 0 Å². The van der Waals surface area contributed by atoms with Crippen molar-refractivity contribution in [2.24, 2.45) is 5.73 Å². The summed E-state index contributed by atoms with van der Waals surface area (Å²) in [6.07, 6.45) is 0. The lowest BCUT2D eigenvalue weighted by Gasteiger charge is -2.17. The van der Waals surface area contributed by atoms with E-state index in [4.69, 9.17) is 10.5 Å². The normalized spacial score (nSPS) is 11.4. The van der Waals surface area contributed by atoms with Crippen LogP contribution in [0.15, 0.2) is 36.4 Å². The Kier molecular flexibility index (Phi) is 7.12. The number of hydrogen-bond donors (Lipinski definition) is 3. The molecule has 0 saturated heterocycles. The summed E-state index contributed by atoms with van der Waals surface area (Å²) < 4.78 is 6.62. The van der Waals surface area contributed by atoms with Gasteiger partial charge < -0.3 is 20.7 Å². The molecule has 2 aromatic carbocycles. The average molecular weight is 440 g/mol. The van der Waals surface area contributed by atoms with Crippen LogP contribution >= 0.6 is 0 Å². The van der Waals surface area contributed by atoms with Crippen LogP contribution in [0.3, 0.4) is 0 Å². The molecule has 1 heterocycles. The number of hydrogen-bond acceptors (Lipinski definition) is 7. The molecule has 9 nitrogen and oxygen atoms in total. The number of aromatic nitrogens is 3. The van der Waals surface area contributed by atoms with Crippen molar-refractivity contribution in [1.82, 2.24) is 19.7 Å². The quantitative estimate of drug-likeness (QED) is 0.468. The predicted octanol–water partition coefficient (Wildman–Crippen LogP) is 2.65. The van der Waals surface area contributed by atoms with Gasteiger partial charge in [0.15, 0.2) is 5.82 Å². The molecule has 0 fully saturated rings. The number of rotatable bonds is 9. The van der Waals surface area contributed by atoms with E-state index < -0.39 is 5.91 Å². The number of phenols is 2. The summed E-state index contributed by atoms with van der Waals surface area (Å²) in [5.41, 5.74) is 8.23. The molecule has 0 bridgehead atoms. The van der Waals surface area contributed by atoms with E-state index in [1.54, 1.807) is 13.2 Å². The first-order valence-electron chi connectivity index (χ1n) is 10.3. The Morgan fingerprint density at radius 1 is 1.16 bits per heavy atom. The summed E-state index contributed by atoms with van der Waals surface area (Å²) >= 11 is 0. The second kappa shape index (κ2) is 9.80. The summed E-state index contributed by atoms with van der Waals surface area (Å²) in [4.78, 5) is 14.2. The highest BCUT2D eigenvalue weighted by atomic mass is 16.5. The zero-order chi connectivity index (χ0) is 23.4. The number of phenolic OH excluding ortho intramolecular Hbond substituents is 2. The average Bonchev–Trinajstić information content (AvgIpc) is 3.17. The molecule has 0 aliphatic heterocycles. The Morgan fingerprint density at radius 3 is 2.44 bits per heavy atom. The third-order valence-corrected chi connectivity index (χ3v) is 5.22. The van der Waals surface area contributed by atoms with Gasteiger partial charge >= 0.3 is 0 Å². The van der Waals surface area contributed by atoms with Crippen LogP contribution in [0.25, 0.3) is 17.1 Å². The zero-order valence-electron chi connectivity index (χ0n) is 18.7. The molecule has 0 atom stereocenters. The highest BCUT2D eigenvalue weighted by molar-refractivity contribution is 5.90. The molecule has 3 aromatic rings. The van der Waals surface area contributed by atoms with Gasteiger partial charge in [0.2, 0.25) is 5.82 Å². The van der Waals surface area contributed by atoms with E-state index in [0.29, 0.717) is 23.4 Å². The molecule has 4 N–H and O–H groups in total. The molecule has 0 saturated carbocycles. The lowest BCUT2D eigenvalue weighted by molar-refractivity contribution is 0.0988. The van der Waals surface area contributed by atoms with Gasteiger partial charge in [-0.15, -0.1) is 10.2 Å². The monoisotopic (exact) mass is 439 g/mol. The summed E-state index contributed by atoms with van der Waals surface area (Å²) in [7, 11) is 3.68. The number of methoxy groups -OCH3 is 1. The van der Waals surface area contributed by atoms with Gasteiger partial charge in [-0.25, -0.2) is 0 Å². The van der Waals surface area contributed by atoms with Crippen LogP contribution in [0.1, 0.15) is 41.5 Å². The predicted molar refractivity (Wildman–Crippen MR) is 121 cm³/mol. The summed E-state index contributed by atoms with van der Waals surface area (Å²) in [5, 5.41) is 28.8. The molecule has 0 spiro atoms. The second-order valence-electron chi connectivity index (χ2n) is 8.03. The fourth-order valence-electron chi connectivity index (χ4n) is 3.49. The van der Waals surface area contributed by atoms with Gasteiger partial charge in [0.25, 0.3) is 5.91 Å². The SMILES string of the molecule is COCCN(C)Cc1ccc(-n2c(C(N)=O)nnc2-c2cc(C(C)C)c(O)cc2O)cc1. The van der Waals surface area contributed by atoms with Crippen molar-refractivity contribution in [3.63, 3.8) is 0 Å². The topological polar surface area (TPSA) is 127 Å². The first kappa shape index (κ1) is 23.2. The van der Waals surface area contributed by atoms with Crippen molar-refractivity contribution < 1.29 is 19.7 Å². The van der Waals surface area contributed by atoms with E-state index in [2.05, 4.69) is 15.1 Å². The van der Waals surface area contributed by atoms with Crippen molar-refractivity contribution >= 4 is 5.91 Å². The van der Waals surface area contributed by atoms with Crippen LogP contribution in [-0.2, 0) is 11.3 Å². The fraction of sp³-hybridized carbons (Fsp3) is 0.348. The van der Waals surface area contributed by atoms with Crippen molar-refractivity contribution in [2.45, 2.75) is 26.3 Å². The summed E-state index contributed by atoms with van der Waals surface area (Å²) in [6.45, 7) is 6.04. The highest BCUT2D eigenvalue weighted by Gasteiger charge is 2.23. The van der Waals surface area contributed by atoms with Crippen molar-refractivity contribution in [1.29, 1.82) is 0 Å². The Bertz CT molecular complexity index is 1090. The zero-order valence-corrected chi connectivity index (χ0v) is 18.7. The van der Waals surface area contributed by atoms with Crippen molar-refractivity contribution in [3.8, 4) is 28.6 Å². The first-order chi connectivity index (χ1) is 15.2. The number of likely N-dealkylation sites (N-methyl/N-ethyl adjacent to an activating group) is 1. The van der Waals surface area contributed by atoms with E-state index in [1.807, 2.05) is 45.2 Å². The molecule has 0 aliphatic rings. The Morgan fingerprint density at radius 2 is 1.84 bits per heavy atom. The van der Waals surface area contributed by atoms with E-state index >= 15 is 0 Å². The third-order valence-electron chi connectivity index (χ3n) is 5.22. The third kappa shape index (κ3) is 4.90. The molecule has 0 unspecified atom stereocenters. The lowest BCUT2D eigenvalue weighted by atomic mass is 9.98. The molecule has 3 rings (SSSR count). The minimum absolute atomic E-state index is 0.00983. The molecule has 1 amide bonds. The fourth-order valence-corrected chi connectivity index (χ4v) is 3.49. The standard InChI is InChI=1S/C23H29N5O4/c1-14(2)17-11-18(20(30)12-19(17)29)22-25-26-23(21(24)31)28(22)16-7-5-15(6-8-16)13-27(3)9-10-32-4/h5-8,11-12,14,29-30H,9-10,13H2,1-4H3,(H2,24,31). The number of primary amides is 1. The number of aromatic hydroxyl groups is 2. The van der Waals surface area contributed by atoms with Crippen molar-refractivity contribution in [3.05, 3.63) is 53.3 Å². The molecule has 1 aromatic heterocycles. The largest absolute Gasteiger partial charge is 0.508 e. The molecule has 0 aliphatic carbocycles. The van der Waals surface area contributed by atoms with E-state index in [0.717, 1.165) is 18.7 Å². The smallest absolute Gasteiger partial charge is 0.287 e. The Labute approximate surface area is 187 Å². The number of carbonyl (C=O) groups is 1. The number of ether oxygens (including phenoxy) is 1. The maximum atomic E-state index is 12.0. The van der Waals surface area contributed by atoms with Gasteiger partial charge in [-0.05, 0) is 42.3 Å². The van der Waals surface area contributed by atoms with Crippen LogP contribution in [-0.4, -0.2) is 63.1 Å². The summed E-state index contributed by atoms with van der Waals surface area (Å²) in [6, 6.07) is 10.5. The molecule has 32 heavy (non-hydrogen) atoms. The maximum Gasteiger partial charge on any atom is 0.287 e. The summed E-state index contributed by atoms with van der Waals surface area (Å²) in [5.74, 6) is -0.714. The number of amides is 1. The Hall–Kier alpha value is -3.43. The van der Waals surface area contributed by atoms with Crippen molar-refractivity contribution in [2.75, 3.05) is 27.3 Å². The van der Waals surface area contributed by atoms with Crippen LogP contribution in [0, 0.1) is 0 Å². The van der Waals surface area contributed by atoms with E-state index in [1.165, 1.54) is 10.6 Å². The molecule has 0 radical (unpaired) electrons. The highest BCUT2D eigenvalue weighted by Crippen LogP contribution is 2.38. The molecular formula is C23H29N5O4. The lowest BCUT2D eigenvalue weighted by Crippen LogP contribution is -2.22. The van der Waals surface area contributed by atoms with E-state index in [-0.39, 0.29) is 29.1 Å². The first-order valence-corrected chi connectivity index (χ1v) is 10.3. The van der Waals surface area contributed by atoms with Gasteiger partial charge in [-0.2, -0.15) is 0 Å². The number of nitrogens with two attached hydrogens (primary N) is 1. The Balaban J connectivity index is 2.04. The van der Waals surface area contributed by atoms with Gasteiger partial charge in [-0.1, -0.05) is 26.0 Å². The van der Waals surface area contributed by atoms with E-state index in [9.17, 15) is 15.0 Å². The van der Waals surface area contributed by atoms with Crippen LogP contribution < -0.4 is 5.73 Å². The minimum Gasteiger partial charge on any atom is -0.508 e. The van der Waals surface area contributed by atoms with Crippen LogP contribution in [0.5, 0.6) is 11.5 Å². The van der Waals surface area contributed by atoms with Gasteiger partial charge in [-0.3, -0.25) is 14.3 Å². The number of carbonyl (C=O) groups excluding carboxylic acids is 1.